The Morgan fingerprint density at radius 1 is 1.16 bits per heavy atom. The Balaban J connectivity index is 1.78. The summed E-state index contributed by atoms with van der Waals surface area (Å²) in [6, 6.07) is 9.00. The van der Waals surface area contributed by atoms with E-state index in [1.807, 2.05) is 0 Å². The molecule has 1 aliphatic rings. The molecule has 1 fully saturated rings. The fourth-order valence-electron chi connectivity index (χ4n) is 2.41. The summed E-state index contributed by atoms with van der Waals surface area (Å²) in [4.78, 5) is 2.49. The van der Waals surface area contributed by atoms with E-state index in [0.29, 0.717) is 0 Å². The molecule has 0 unspecified atom stereocenters. The molecule has 0 atom stereocenters. The van der Waals surface area contributed by atoms with E-state index in [9.17, 15) is 0 Å². The number of hydrogen-bond acceptors (Lipinski definition) is 2. The van der Waals surface area contributed by atoms with Crippen molar-refractivity contribution in [2.24, 2.45) is 0 Å². The van der Waals surface area contributed by atoms with E-state index in [1.54, 1.807) is 0 Å². The highest BCUT2D eigenvalue weighted by Crippen LogP contribution is 2.09. The Bertz CT molecular complexity index is 375. The van der Waals surface area contributed by atoms with Crippen molar-refractivity contribution in [2.45, 2.75) is 26.2 Å². The van der Waals surface area contributed by atoms with Crippen LogP contribution < -0.4 is 5.32 Å². The lowest BCUT2D eigenvalue weighted by molar-refractivity contribution is 0.265. The van der Waals surface area contributed by atoms with E-state index in [-0.39, 0.29) is 0 Å². The first kappa shape index (κ1) is 14.3. The molecule has 0 saturated carbocycles. The van der Waals surface area contributed by atoms with Gasteiger partial charge in [-0.15, -0.1) is 0 Å². The van der Waals surface area contributed by atoms with Crippen LogP contribution in [0.15, 0.2) is 30.3 Å². The van der Waals surface area contributed by atoms with Gasteiger partial charge in [-0.25, -0.2) is 0 Å². The molecule has 0 bridgehead atoms. The molecule has 0 aromatic heterocycles. The number of unbranched alkanes of at least 4 members (excludes halogenated alkanes) is 1. The number of aryl methyl sites for hydroxylation is 1. The molecule has 0 aliphatic carbocycles. The van der Waals surface area contributed by atoms with Crippen LogP contribution in [0, 0.1) is 0 Å². The second-order valence-corrected chi connectivity index (χ2v) is 5.30. The summed E-state index contributed by atoms with van der Waals surface area (Å²) < 4.78 is 0. The number of hydrogen-bond donors (Lipinski definition) is 1. The lowest BCUT2D eigenvalue weighted by atomic mass is 10.1. The second-order valence-electron chi connectivity index (χ2n) is 5.30. The molecule has 1 aromatic rings. The molecule has 2 rings (SSSR count). The second kappa shape index (κ2) is 8.13. The lowest BCUT2D eigenvalue weighted by Gasteiger charge is -2.25. The number of nitrogens with one attached hydrogen (secondary N) is 1. The van der Waals surface area contributed by atoms with Crippen LogP contribution in [0.4, 0.5) is 0 Å². The first-order chi connectivity index (χ1) is 9.38. The Morgan fingerprint density at radius 3 is 2.58 bits per heavy atom. The van der Waals surface area contributed by atoms with Gasteiger partial charge in [0, 0.05) is 32.7 Å². The quantitative estimate of drug-likeness (QED) is 0.844. The van der Waals surface area contributed by atoms with Crippen molar-refractivity contribution in [3.63, 3.8) is 0 Å². The normalized spacial score (nSPS) is 17.1. The van der Waals surface area contributed by atoms with Gasteiger partial charge in [-0.2, -0.15) is 0 Å². The Kier molecular flexibility index (Phi) is 6.12. The predicted molar refractivity (Wildman–Crippen MR) is 83.4 cm³/mol. The molecule has 19 heavy (non-hydrogen) atoms. The zero-order valence-corrected chi connectivity index (χ0v) is 12.1. The van der Waals surface area contributed by atoms with Crippen molar-refractivity contribution in [2.75, 3.05) is 32.7 Å². The Hall–Kier alpha value is -1.12. The molecule has 1 aliphatic heterocycles. The van der Waals surface area contributed by atoms with Crippen molar-refractivity contribution < 1.29 is 0 Å². The van der Waals surface area contributed by atoms with Gasteiger partial charge >= 0.3 is 0 Å². The highest BCUT2D eigenvalue weighted by Gasteiger charge is 2.06. The SMILES string of the molecule is CCCCc1ccc(/C=C/CN2CCNCC2)cc1. The van der Waals surface area contributed by atoms with E-state index >= 15 is 0 Å². The topological polar surface area (TPSA) is 15.3 Å². The molecule has 104 valence electrons. The van der Waals surface area contributed by atoms with Gasteiger partial charge < -0.3 is 5.32 Å². The third kappa shape index (κ3) is 5.17. The molecule has 1 N–H and O–H groups in total. The van der Waals surface area contributed by atoms with Gasteiger partial charge in [0.1, 0.15) is 0 Å². The number of rotatable bonds is 6. The van der Waals surface area contributed by atoms with Crippen LogP contribution in [0.1, 0.15) is 30.9 Å². The minimum Gasteiger partial charge on any atom is -0.314 e. The number of piperazine rings is 1. The van der Waals surface area contributed by atoms with Crippen LogP contribution in [0.5, 0.6) is 0 Å². The van der Waals surface area contributed by atoms with Crippen LogP contribution in [0.25, 0.3) is 6.08 Å². The van der Waals surface area contributed by atoms with Gasteiger partial charge in [0.25, 0.3) is 0 Å². The fraction of sp³-hybridized carbons (Fsp3) is 0.529. The van der Waals surface area contributed by atoms with E-state index in [0.717, 1.165) is 19.6 Å². The average molecular weight is 258 g/mol. The minimum atomic E-state index is 1.07. The van der Waals surface area contributed by atoms with Crippen molar-refractivity contribution in [3.05, 3.63) is 41.5 Å². The summed E-state index contributed by atoms with van der Waals surface area (Å²) in [5, 5.41) is 3.38. The van der Waals surface area contributed by atoms with Gasteiger partial charge in [-0.3, -0.25) is 4.90 Å². The van der Waals surface area contributed by atoms with Crippen LogP contribution in [-0.4, -0.2) is 37.6 Å². The van der Waals surface area contributed by atoms with Crippen molar-refractivity contribution in [1.29, 1.82) is 0 Å². The zero-order chi connectivity index (χ0) is 13.3. The summed E-state index contributed by atoms with van der Waals surface area (Å²) >= 11 is 0. The summed E-state index contributed by atoms with van der Waals surface area (Å²) in [6.45, 7) is 7.90. The van der Waals surface area contributed by atoms with E-state index < -0.39 is 0 Å². The summed E-state index contributed by atoms with van der Waals surface area (Å²) in [5.41, 5.74) is 2.77. The highest BCUT2D eigenvalue weighted by atomic mass is 15.2. The highest BCUT2D eigenvalue weighted by molar-refractivity contribution is 5.49. The Morgan fingerprint density at radius 2 is 1.89 bits per heavy atom. The van der Waals surface area contributed by atoms with Crippen LogP contribution in [0.3, 0.4) is 0 Å². The molecule has 2 nitrogen and oxygen atoms in total. The number of benzene rings is 1. The molecule has 1 heterocycles. The standard InChI is InChI=1S/C17H26N2/c1-2-3-5-16-7-9-17(10-8-16)6-4-13-19-14-11-18-12-15-19/h4,6-10,18H,2-3,5,11-15H2,1H3/b6-4+. The maximum atomic E-state index is 3.38. The lowest BCUT2D eigenvalue weighted by Crippen LogP contribution is -2.43. The Labute approximate surface area is 117 Å². The van der Waals surface area contributed by atoms with Gasteiger partial charge in [-0.1, -0.05) is 49.8 Å². The van der Waals surface area contributed by atoms with Gasteiger partial charge in [-0.05, 0) is 24.0 Å². The zero-order valence-electron chi connectivity index (χ0n) is 12.1. The maximum absolute atomic E-state index is 3.38. The predicted octanol–water partition coefficient (Wildman–Crippen LogP) is 2.95. The molecule has 0 spiro atoms. The minimum absolute atomic E-state index is 1.07. The molecule has 1 saturated heterocycles. The van der Waals surface area contributed by atoms with Gasteiger partial charge in [0.2, 0.25) is 0 Å². The third-order valence-electron chi connectivity index (χ3n) is 3.68. The van der Waals surface area contributed by atoms with E-state index in [1.165, 1.54) is 43.5 Å². The van der Waals surface area contributed by atoms with Gasteiger partial charge in [0.15, 0.2) is 0 Å². The summed E-state index contributed by atoms with van der Waals surface area (Å²) in [7, 11) is 0. The van der Waals surface area contributed by atoms with Crippen molar-refractivity contribution in [1.82, 2.24) is 10.2 Å². The average Bonchev–Trinajstić information content (AvgIpc) is 2.47. The van der Waals surface area contributed by atoms with Crippen LogP contribution >= 0.6 is 0 Å². The van der Waals surface area contributed by atoms with Crippen molar-refractivity contribution in [3.8, 4) is 0 Å². The molecule has 0 radical (unpaired) electrons. The summed E-state index contributed by atoms with van der Waals surface area (Å²) in [5.74, 6) is 0. The monoisotopic (exact) mass is 258 g/mol. The molecule has 2 heteroatoms. The third-order valence-corrected chi connectivity index (χ3v) is 3.68. The van der Waals surface area contributed by atoms with Gasteiger partial charge in [0.05, 0.1) is 0 Å². The molecular formula is C17H26N2. The van der Waals surface area contributed by atoms with Crippen LogP contribution in [0.2, 0.25) is 0 Å². The smallest absolute Gasteiger partial charge is 0.0167 e. The van der Waals surface area contributed by atoms with E-state index in [2.05, 4.69) is 53.6 Å². The largest absolute Gasteiger partial charge is 0.314 e. The van der Waals surface area contributed by atoms with E-state index in [4.69, 9.17) is 0 Å². The first-order valence-electron chi connectivity index (χ1n) is 7.57. The summed E-state index contributed by atoms with van der Waals surface area (Å²) in [6.07, 6.45) is 8.30. The van der Waals surface area contributed by atoms with Crippen molar-refractivity contribution >= 4 is 6.08 Å². The number of nitrogens with zero attached hydrogens (tertiary/aromatic N) is 1. The van der Waals surface area contributed by atoms with Crippen LogP contribution in [-0.2, 0) is 6.42 Å². The molecule has 0 amide bonds. The fourth-order valence-corrected chi connectivity index (χ4v) is 2.41. The molecular weight excluding hydrogens is 232 g/mol. The first-order valence-corrected chi connectivity index (χ1v) is 7.57. The molecule has 1 aromatic carbocycles. The maximum Gasteiger partial charge on any atom is 0.0167 e.